The van der Waals surface area contributed by atoms with Gasteiger partial charge in [-0.1, -0.05) is 49.2 Å². The lowest BCUT2D eigenvalue weighted by atomic mass is 10.1. The molecule has 0 amide bonds. The Kier molecular flexibility index (Phi) is 16.4. The highest BCUT2D eigenvalue weighted by Crippen LogP contribution is 2.29. The molecule has 10 heteroatoms. The molecule has 0 aliphatic carbocycles. The van der Waals surface area contributed by atoms with E-state index in [1.807, 2.05) is 0 Å². The van der Waals surface area contributed by atoms with Crippen LogP contribution in [0.4, 0.5) is 13.2 Å². The summed E-state index contributed by atoms with van der Waals surface area (Å²) in [6, 6.07) is 18.7. The minimum Gasteiger partial charge on any atom is -0.508 e. The predicted molar refractivity (Wildman–Crippen MR) is 159 cm³/mol. The number of phenols is 1. The van der Waals surface area contributed by atoms with Crippen LogP contribution in [0, 0.1) is 0 Å². The topological polar surface area (TPSA) is 119 Å². The molecule has 0 saturated carbocycles. The monoisotopic (exact) mass is 605 g/mol. The summed E-state index contributed by atoms with van der Waals surface area (Å²) in [6.45, 7) is 2.77. The molecule has 0 spiro atoms. The van der Waals surface area contributed by atoms with Gasteiger partial charge >= 0.3 is 12.1 Å². The number of hydrogen-bond donors (Lipinski definition) is 5. The third-order valence-corrected chi connectivity index (χ3v) is 6.69. The average Bonchev–Trinajstić information content (AvgIpc) is 3.00. The van der Waals surface area contributed by atoms with Crippen LogP contribution in [0.2, 0.25) is 0 Å². The minimum absolute atomic E-state index is 0.0533. The van der Waals surface area contributed by atoms with Crippen molar-refractivity contribution in [3.63, 3.8) is 0 Å². The van der Waals surface area contributed by atoms with E-state index in [0.717, 1.165) is 82.5 Å². The number of aromatic carboxylic acids is 1. The van der Waals surface area contributed by atoms with Crippen molar-refractivity contribution in [1.82, 2.24) is 5.32 Å². The van der Waals surface area contributed by atoms with Crippen LogP contribution in [-0.2, 0) is 23.9 Å². The molecule has 3 aromatic rings. The minimum atomic E-state index is -4.42. The van der Waals surface area contributed by atoms with Crippen LogP contribution in [0.25, 0.3) is 0 Å². The number of aliphatic hydroxyl groups is 2. The molecule has 0 bridgehead atoms. The van der Waals surface area contributed by atoms with Crippen molar-refractivity contribution in [1.29, 1.82) is 0 Å². The Bertz CT molecular complexity index is 1190. The van der Waals surface area contributed by atoms with Gasteiger partial charge in [0.25, 0.3) is 0 Å². The first kappa shape index (κ1) is 35.8. The van der Waals surface area contributed by atoms with Gasteiger partial charge in [0, 0.05) is 25.3 Å². The second-order valence-corrected chi connectivity index (χ2v) is 10.1. The van der Waals surface area contributed by atoms with Crippen molar-refractivity contribution in [3.05, 3.63) is 101 Å². The lowest BCUT2D eigenvalue weighted by Crippen LogP contribution is -2.22. The fourth-order valence-electron chi connectivity index (χ4n) is 4.19. The molecule has 5 N–H and O–H groups in total. The van der Waals surface area contributed by atoms with Crippen molar-refractivity contribution < 1.29 is 43.1 Å². The van der Waals surface area contributed by atoms with E-state index in [0.29, 0.717) is 17.7 Å². The first-order valence-electron chi connectivity index (χ1n) is 14.5. The summed E-state index contributed by atoms with van der Waals surface area (Å²) in [4.78, 5) is 10.3. The molecule has 0 heterocycles. The Morgan fingerprint density at radius 2 is 1.51 bits per heavy atom. The summed E-state index contributed by atoms with van der Waals surface area (Å²) in [5, 5.41) is 40.7. The van der Waals surface area contributed by atoms with Crippen LogP contribution >= 0.6 is 0 Å². The number of aliphatic hydroxyl groups excluding tert-OH is 2. The summed E-state index contributed by atoms with van der Waals surface area (Å²) in [5.41, 5.74) is 1.53. The Balaban J connectivity index is 0.000000413. The second-order valence-electron chi connectivity index (χ2n) is 10.1. The van der Waals surface area contributed by atoms with Gasteiger partial charge in [0.15, 0.2) is 0 Å². The van der Waals surface area contributed by atoms with Gasteiger partial charge in [-0.25, -0.2) is 4.79 Å². The van der Waals surface area contributed by atoms with Crippen molar-refractivity contribution in [2.75, 3.05) is 26.3 Å². The fraction of sp³-hybridized carbons (Fsp3) is 0.424. The molecule has 7 nitrogen and oxygen atoms in total. The number of aromatic hydroxyl groups is 1. The molecular formula is C33H42F3NO6. The zero-order valence-electron chi connectivity index (χ0n) is 24.2. The average molecular weight is 606 g/mol. The van der Waals surface area contributed by atoms with E-state index >= 15 is 0 Å². The Morgan fingerprint density at radius 3 is 2.14 bits per heavy atom. The third kappa shape index (κ3) is 14.5. The molecule has 1 unspecified atom stereocenters. The zero-order valence-corrected chi connectivity index (χ0v) is 24.2. The normalized spacial score (nSPS) is 11.9. The molecular weight excluding hydrogens is 563 g/mol. The number of carbonyl (C=O) groups is 1. The lowest BCUT2D eigenvalue weighted by molar-refractivity contribution is -0.137. The number of carboxylic acid groups (broad SMARTS) is 1. The van der Waals surface area contributed by atoms with Gasteiger partial charge in [0.2, 0.25) is 0 Å². The van der Waals surface area contributed by atoms with Crippen LogP contribution in [0.1, 0.15) is 77.2 Å². The first-order chi connectivity index (χ1) is 20.6. The lowest BCUT2D eigenvalue weighted by Gasteiger charge is -2.14. The molecule has 0 saturated heterocycles. The maximum atomic E-state index is 12.0. The highest BCUT2D eigenvalue weighted by molar-refractivity contribution is 5.87. The number of rotatable bonds is 17. The van der Waals surface area contributed by atoms with Crippen molar-refractivity contribution in [2.24, 2.45) is 0 Å². The van der Waals surface area contributed by atoms with E-state index in [2.05, 4.69) is 35.6 Å². The Hall–Kier alpha value is -3.44. The van der Waals surface area contributed by atoms with Crippen molar-refractivity contribution in [2.45, 2.75) is 63.8 Å². The quantitative estimate of drug-likeness (QED) is 0.111. The van der Waals surface area contributed by atoms with Crippen LogP contribution in [-0.4, -0.2) is 52.7 Å². The number of carboxylic acids is 1. The van der Waals surface area contributed by atoms with E-state index in [-0.39, 0.29) is 17.9 Å². The number of alkyl halides is 3. The second kappa shape index (κ2) is 19.7. The van der Waals surface area contributed by atoms with Crippen LogP contribution in [0.3, 0.4) is 0 Å². The number of benzene rings is 3. The maximum absolute atomic E-state index is 12.0. The van der Waals surface area contributed by atoms with Crippen LogP contribution in [0.15, 0.2) is 72.8 Å². The van der Waals surface area contributed by atoms with Crippen LogP contribution < -0.4 is 5.32 Å². The van der Waals surface area contributed by atoms with E-state index in [4.69, 9.17) is 9.84 Å². The molecule has 3 aromatic carbocycles. The van der Waals surface area contributed by atoms with E-state index in [1.165, 1.54) is 18.1 Å². The molecule has 0 fully saturated rings. The number of halogens is 3. The highest BCUT2D eigenvalue weighted by Gasteiger charge is 2.30. The predicted octanol–water partition coefficient (Wildman–Crippen LogP) is 6.51. The van der Waals surface area contributed by atoms with Gasteiger partial charge < -0.3 is 30.5 Å². The highest BCUT2D eigenvalue weighted by atomic mass is 19.4. The largest absolute Gasteiger partial charge is 0.508 e. The summed E-state index contributed by atoms with van der Waals surface area (Å²) >= 11 is 0. The van der Waals surface area contributed by atoms with Gasteiger partial charge in [-0.15, -0.1) is 0 Å². The molecule has 43 heavy (non-hydrogen) atoms. The Morgan fingerprint density at radius 1 is 0.860 bits per heavy atom. The molecule has 0 aliphatic heterocycles. The molecule has 0 radical (unpaired) electrons. The Labute approximate surface area is 251 Å². The van der Waals surface area contributed by atoms with Crippen LogP contribution in [0.5, 0.6) is 5.75 Å². The van der Waals surface area contributed by atoms with Gasteiger partial charge in [-0.3, -0.25) is 0 Å². The standard InChI is InChI=1S/C25H37NO4.C8H5F3O2/c27-20-23-18-22(13-14-24(23)28)25(29)19-26-15-7-1-2-8-16-30-17-9-6-12-21-10-4-3-5-11-21;9-8(10,11)6-3-1-5(2-4-6)7(12)13/h3-5,10-11,13-14,18,25-29H,1-2,6-9,12,15-17,19-20H2;1-4H,(H,12,13). The third-order valence-electron chi connectivity index (χ3n) is 6.69. The number of nitrogens with one attached hydrogen (secondary N) is 1. The van der Waals surface area contributed by atoms with Crippen molar-refractivity contribution >= 4 is 5.97 Å². The molecule has 0 aliphatic rings. The maximum Gasteiger partial charge on any atom is 0.416 e. The number of aryl methyl sites for hydroxylation is 1. The van der Waals surface area contributed by atoms with E-state index in [9.17, 15) is 33.3 Å². The molecule has 1 atom stereocenters. The summed E-state index contributed by atoms with van der Waals surface area (Å²) in [7, 11) is 0. The smallest absolute Gasteiger partial charge is 0.416 e. The first-order valence-corrected chi connectivity index (χ1v) is 14.5. The number of ether oxygens (including phenoxy) is 1. The van der Waals surface area contributed by atoms with Gasteiger partial charge in [0.05, 0.1) is 23.8 Å². The summed E-state index contributed by atoms with van der Waals surface area (Å²) in [5.74, 6) is -1.19. The van der Waals surface area contributed by atoms with E-state index in [1.54, 1.807) is 12.1 Å². The van der Waals surface area contributed by atoms with Gasteiger partial charge in [-0.05, 0) is 86.2 Å². The molecule has 0 aromatic heterocycles. The molecule has 3 rings (SSSR count). The number of unbranched alkanes of at least 4 members (excludes halogenated alkanes) is 4. The SMILES string of the molecule is O=C(O)c1ccc(C(F)(F)F)cc1.OCc1cc(C(O)CNCCCCCCOCCCCc2ccccc2)ccc1O. The number of hydrogen-bond acceptors (Lipinski definition) is 6. The van der Waals surface area contributed by atoms with E-state index < -0.39 is 23.8 Å². The molecule has 236 valence electrons. The van der Waals surface area contributed by atoms with Gasteiger partial charge in [0.1, 0.15) is 5.75 Å². The fourth-order valence-corrected chi connectivity index (χ4v) is 4.19. The summed E-state index contributed by atoms with van der Waals surface area (Å²) in [6.07, 6.45) is 2.82. The van der Waals surface area contributed by atoms with Gasteiger partial charge in [-0.2, -0.15) is 13.2 Å². The summed E-state index contributed by atoms with van der Waals surface area (Å²) < 4.78 is 41.6. The van der Waals surface area contributed by atoms with Crippen molar-refractivity contribution in [3.8, 4) is 5.75 Å². The zero-order chi connectivity index (χ0) is 31.5.